The van der Waals surface area contributed by atoms with Crippen LogP contribution in [0.1, 0.15) is 20.7 Å². The van der Waals surface area contributed by atoms with Crippen molar-refractivity contribution in [2.45, 2.75) is 0 Å². The minimum atomic E-state index is -1.24. The summed E-state index contributed by atoms with van der Waals surface area (Å²) >= 11 is 0. The van der Waals surface area contributed by atoms with Gasteiger partial charge in [-0.25, -0.2) is 9.29 Å². The molecule has 0 radical (unpaired) electrons. The second kappa shape index (κ2) is 4.66. The zero-order valence-corrected chi connectivity index (χ0v) is 10.9. The summed E-state index contributed by atoms with van der Waals surface area (Å²) in [6, 6.07) is 8.23. The van der Waals surface area contributed by atoms with Crippen LogP contribution in [0.5, 0.6) is 5.75 Å². The highest BCUT2D eigenvalue weighted by molar-refractivity contribution is 6.34. The van der Waals surface area contributed by atoms with E-state index in [-0.39, 0.29) is 16.8 Å². The second-order valence-corrected chi connectivity index (χ2v) is 4.41. The van der Waals surface area contributed by atoms with E-state index in [1.54, 1.807) is 12.1 Å². The van der Waals surface area contributed by atoms with E-state index >= 15 is 0 Å². The van der Waals surface area contributed by atoms with Crippen LogP contribution in [0.25, 0.3) is 0 Å². The first-order valence-electron chi connectivity index (χ1n) is 6.06. The highest BCUT2D eigenvalue weighted by Crippen LogP contribution is 2.37. The summed E-state index contributed by atoms with van der Waals surface area (Å²) in [5.41, 5.74) is 0.311. The number of carbonyl (C=O) groups excluding carboxylic acids is 2. The van der Waals surface area contributed by atoms with Crippen molar-refractivity contribution in [1.29, 1.82) is 0 Å². The van der Waals surface area contributed by atoms with Crippen LogP contribution in [0.4, 0.5) is 14.5 Å². The lowest BCUT2D eigenvalue weighted by Crippen LogP contribution is -2.30. The first-order valence-corrected chi connectivity index (χ1v) is 6.06. The number of fused-ring (bicyclic) bond motifs is 1. The zero-order chi connectivity index (χ0) is 15.1. The van der Waals surface area contributed by atoms with Gasteiger partial charge in [-0.15, -0.1) is 0 Å². The van der Waals surface area contributed by atoms with E-state index in [4.69, 9.17) is 4.74 Å². The average Bonchev–Trinajstić information content (AvgIpc) is 2.74. The van der Waals surface area contributed by atoms with Crippen LogP contribution in [0.3, 0.4) is 0 Å². The van der Waals surface area contributed by atoms with E-state index in [9.17, 15) is 18.4 Å². The quantitative estimate of drug-likeness (QED) is 0.799. The maximum Gasteiger partial charge on any atom is 0.266 e. The number of nitrogens with zero attached hydrogens (tertiary/aromatic N) is 1. The third-order valence-electron chi connectivity index (χ3n) is 3.27. The molecule has 106 valence electrons. The largest absolute Gasteiger partial charge is 0.491 e. The minimum absolute atomic E-state index is 0.123. The number of imide groups is 1. The van der Waals surface area contributed by atoms with Crippen LogP contribution in [0.15, 0.2) is 36.4 Å². The van der Waals surface area contributed by atoms with E-state index < -0.39 is 29.2 Å². The Balaban J connectivity index is 2.18. The summed E-state index contributed by atoms with van der Waals surface area (Å²) in [5.74, 6) is -4.04. The standard InChI is InChI=1S/C15H9F2NO3/c1-21-13-11(7-6-10(16)12(13)17)18-14(19)8-4-2-3-5-9(8)15(18)20/h2-7H,1H3. The number of rotatable bonds is 2. The van der Waals surface area contributed by atoms with Crippen molar-refractivity contribution in [1.82, 2.24) is 0 Å². The van der Waals surface area contributed by atoms with E-state index in [1.165, 1.54) is 12.1 Å². The second-order valence-electron chi connectivity index (χ2n) is 4.41. The summed E-state index contributed by atoms with van der Waals surface area (Å²) in [6.45, 7) is 0. The molecule has 0 N–H and O–H groups in total. The Bertz CT molecular complexity index is 739. The maximum absolute atomic E-state index is 13.7. The number of carbonyl (C=O) groups is 2. The Hall–Kier alpha value is -2.76. The molecule has 2 aromatic carbocycles. The van der Waals surface area contributed by atoms with Gasteiger partial charge in [0.25, 0.3) is 11.8 Å². The minimum Gasteiger partial charge on any atom is -0.491 e. The highest BCUT2D eigenvalue weighted by atomic mass is 19.2. The molecule has 6 heteroatoms. The molecule has 2 amide bonds. The molecule has 0 saturated carbocycles. The van der Waals surface area contributed by atoms with Crippen molar-refractivity contribution in [2.24, 2.45) is 0 Å². The van der Waals surface area contributed by atoms with E-state index in [2.05, 4.69) is 0 Å². The molecule has 4 nitrogen and oxygen atoms in total. The number of halogens is 2. The molecule has 0 bridgehead atoms. The molecule has 0 saturated heterocycles. The maximum atomic E-state index is 13.7. The molecule has 0 atom stereocenters. The van der Waals surface area contributed by atoms with Gasteiger partial charge in [-0.1, -0.05) is 12.1 Å². The Kier molecular flexibility index (Phi) is 2.94. The van der Waals surface area contributed by atoms with Crippen molar-refractivity contribution in [2.75, 3.05) is 12.0 Å². The fourth-order valence-corrected chi connectivity index (χ4v) is 2.30. The lowest BCUT2D eigenvalue weighted by molar-refractivity contribution is 0.0925. The molecule has 1 aliphatic rings. The molecule has 0 spiro atoms. The van der Waals surface area contributed by atoms with Crippen LogP contribution in [-0.4, -0.2) is 18.9 Å². The Morgan fingerprint density at radius 1 is 0.952 bits per heavy atom. The van der Waals surface area contributed by atoms with Gasteiger partial charge in [0.1, 0.15) is 0 Å². The fourth-order valence-electron chi connectivity index (χ4n) is 2.30. The molecular weight excluding hydrogens is 280 g/mol. The summed E-state index contributed by atoms with van der Waals surface area (Å²) in [5, 5.41) is 0. The molecule has 0 aliphatic carbocycles. The van der Waals surface area contributed by atoms with Crippen LogP contribution in [0, 0.1) is 11.6 Å². The van der Waals surface area contributed by atoms with E-state index in [0.29, 0.717) is 0 Å². The van der Waals surface area contributed by atoms with Crippen LogP contribution < -0.4 is 9.64 Å². The van der Waals surface area contributed by atoms with Crippen molar-refractivity contribution in [3.8, 4) is 5.75 Å². The number of anilines is 1. The molecule has 1 aliphatic heterocycles. The first kappa shape index (κ1) is 13.2. The van der Waals surface area contributed by atoms with Gasteiger partial charge in [0.05, 0.1) is 23.9 Å². The van der Waals surface area contributed by atoms with Gasteiger partial charge in [-0.3, -0.25) is 9.59 Å². The molecule has 0 fully saturated rings. The van der Waals surface area contributed by atoms with Gasteiger partial charge in [0.2, 0.25) is 5.82 Å². The third kappa shape index (κ3) is 1.79. The average molecular weight is 289 g/mol. The van der Waals surface area contributed by atoms with Crippen molar-refractivity contribution < 1.29 is 23.1 Å². The molecular formula is C15H9F2NO3. The van der Waals surface area contributed by atoms with E-state index in [0.717, 1.165) is 24.1 Å². The van der Waals surface area contributed by atoms with Crippen LogP contribution in [0.2, 0.25) is 0 Å². The third-order valence-corrected chi connectivity index (χ3v) is 3.27. The number of amides is 2. The van der Waals surface area contributed by atoms with Gasteiger partial charge in [-0.05, 0) is 24.3 Å². The van der Waals surface area contributed by atoms with Crippen molar-refractivity contribution in [3.63, 3.8) is 0 Å². The monoisotopic (exact) mass is 289 g/mol. The van der Waals surface area contributed by atoms with Crippen molar-refractivity contribution in [3.05, 3.63) is 59.2 Å². The topological polar surface area (TPSA) is 46.6 Å². The summed E-state index contributed by atoms with van der Waals surface area (Å²) in [7, 11) is 1.14. The van der Waals surface area contributed by atoms with Crippen molar-refractivity contribution >= 4 is 17.5 Å². The summed E-state index contributed by atoms with van der Waals surface area (Å²) in [4.78, 5) is 25.4. The number of hydrogen-bond donors (Lipinski definition) is 0. The summed E-state index contributed by atoms with van der Waals surface area (Å²) in [6.07, 6.45) is 0. The summed E-state index contributed by atoms with van der Waals surface area (Å²) < 4.78 is 31.8. The normalized spacial score (nSPS) is 13.6. The number of benzene rings is 2. The zero-order valence-electron chi connectivity index (χ0n) is 10.9. The molecule has 2 aromatic rings. The Labute approximate surface area is 118 Å². The van der Waals surface area contributed by atoms with Gasteiger partial charge >= 0.3 is 0 Å². The SMILES string of the molecule is COc1c(N2C(=O)c3ccccc3C2=O)ccc(F)c1F. The lowest BCUT2D eigenvalue weighted by Gasteiger charge is -2.17. The van der Waals surface area contributed by atoms with E-state index in [1.807, 2.05) is 0 Å². The molecule has 1 heterocycles. The number of hydrogen-bond acceptors (Lipinski definition) is 3. The van der Waals surface area contributed by atoms with Gasteiger partial charge in [0.15, 0.2) is 11.6 Å². The number of ether oxygens (including phenoxy) is 1. The van der Waals surface area contributed by atoms with Gasteiger partial charge in [0, 0.05) is 0 Å². The highest BCUT2D eigenvalue weighted by Gasteiger charge is 2.38. The van der Waals surface area contributed by atoms with Crippen LogP contribution in [-0.2, 0) is 0 Å². The predicted octanol–water partition coefficient (Wildman–Crippen LogP) is 2.77. The Morgan fingerprint density at radius 3 is 2.05 bits per heavy atom. The smallest absolute Gasteiger partial charge is 0.266 e. The molecule has 3 rings (SSSR count). The lowest BCUT2D eigenvalue weighted by atomic mass is 10.1. The molecule has 21 heavy (non-hydrogen) atoms. The molecule has 0 aromatic heterocycles. The molecule has 0 unspecified atom stereocenters. The van der Waals surface area contributed by atoms with Gasteiger partial charge < -0.3 is 4.74 Å². The Morgan fingerprint density at radius 2 is 1.52 bits per heavy atom. The number of methoxy groups -OCH3 is 1. The predicted molar refractivity (Wildman–Crippen MR) is 70.5 cm³/mol. The fraction of sp³-hybridized carbons (Fsp3) is 0.0667. The first-order chi connectivity index (χ1) is 10.1. The van der Waals surface area contributed by atoms with Crippen LogP contribution >= 0.6 is 0 Å². The van der Waals surface area contributed by atoms with Gasteiger partial charge in [-0.2, -0.15) is 4.39 Å².